The number of halogens is 1. The molecule has 0 fully saturated rings. The lowest BCUT2D eigenvalue weighted by molar-refractivity contribution is 0.475. The summed E-state index contributed by atoms with van der Waals surface area (Å²) >= 11 is 6.56. The van der Waals surface area contributed by atoms with E-state index in [1.807, 2.05) is 6.07 Å². The van der Waals surface area contributed by atoms with Crippen LogP contribution in [0.15, 0.2) is 34.5 Å². The van der Waals surface area contributed by atoms with Gasteiger partial charge in [0.1, 0.15) is 20.9 Å². The van der Waals surface area contributed by atoms with Gasteiger partial charge >= 0.3 is 0 Å². The van der Waals surface area contributed by atoms with Crippen LogP contribution in [-0.4, -0.2) is 13.5 Å². The summed E-state index contributed by atoms with van der Waals surface area (Å²) in [6.07, 6.45) is 0. The van der Waals surface area contributed by atoms with Crippen LogP contribution >= 0.6 is 22.9 Å². The van der Waals surface area contributed by atoms with E-state index in [0.717, 1.165) is 11.3 Å². The van der Waals surface area contributed by atoms with E-state index >= 15 is 0 Å². The van der Waals surface area contributed by atoms with Gasteiger partial charge in [0.25, 0.3) is 10.0 Å². The standard InChI is InChI=1S/C11H7ClN2O3S2/c12-9-5-7(1-3-10(9)15)14-19(16,17)11-4-2-8(6-13)18-11/h1-5,14-15H. The predicted octanol–water partition coefficient (Wildman–Crippen LogP) is 2.78. The highest BCUT2D eigenvalue weighted by atomic mass is 35.5. The summed E-state index contributed by atoms with van der Waals surface area (Å²) in [6.45, 7) is 0. The van der Waals surface area contributed by atoms with Crippen LogP contribution in [0.25, 0.3) is 0 Å². The molecular weight excluding hydrogens is 308 g/mol. The zero-order valence-electron chi connectivity index (χ0n) is 9.29. The van der Waals surface area contributed by atoms with E-state index in [0.29, 0.717) is 4.88 Å². The molecule has 0 radical (unpaired) electrons. The van der Waals surface area contributed by atoms with Crippen molar-refractivity contribution in [2.24, 2.45) is 0 Å². The molecule has 1 aromatic heterocycles. The van der Waals surface area contributed by atoms with E-state index in [2.05, 4.69) is 4.72 Å². The average molecular weight is 315 g/mol. The maximum Gasteiger partial charge on any atom is 0.271 e. The van der Waals surface area contributed by atoms with E-state index in [4.69, 9.17) is 16.9 Å². The van der Waals surface area contributed by atoms with Crippen molar-refractivity contribution in [2.75, 3.05) is 4.72 Å². The zero-order chi connectivity index (χ0) is 14.0. The number of sulfonamides is 1. The molecule has 0 amide bonds. The Morgan fingerprint density at radius 2 is 2.05 bits per heavy atom. The first-order chi connectivity index (χ1) is 8.92. The molecule has 0 aliphatic carbocycles. The van der Waals surface area contributed by atoms with Crippen LogP contribution in [0.4, 0.5) is 5.69 Å². The van der Waals surface area contributed by atoms with Gasteiger partial charge in [0.15, 0.2) is 0 Å². The van der Waals surface area contributed by atoms with Gasteiger partial charge in [0, 0.05) is 0 Å². The van der Waals surface area contributed by atoms with Gasteiger partial charge in [-0.25, -0.2) is 8.42 Å². The molecule has 2 N–H and O–H groups in total. The lowest BCUT2D eigenvalue weighted by Crippen LogP contribution is -2.11. The number of thiophene rings is 1. The molecule has 0 spiro atoms. The number of rotatable bonds is 3. The largest absolute Gasteiger partial charge is 0.506 e. The van der Waals surface area contributed by atoms with E-state index in [-0.39, 0.29) is 20.7 Å². The smallest absolute Gasteiger partial charge is 0.271 e. The molecule has 0 saturated heterocycles. The fourth-order valence-electron chi connectivity index (χ4n) is 1.30. The summed E-state index contributed by atoms with van der Waals surface area (Å²) in [5.41, 5.74) is 0.231. The number of benzene rings is 1. The lowest BCUT2D eigenvalue weighted by Gasteiger charge is -2.06. The first kappa shape index (κ1) is 13.7. The molecule has 0 bridgehead atoms. The third-order valence-electron chi connectivity index (χ3n) is 2.16. The highest BCUT2D eigenvalue weighted by Gasteiger charge is 2.17. The van der Waals surface area contributed by atoms with Crippen molar-refractivity contribution in [3.05, 3.63) is 40.2 Å². The van der Waals surface area contributed by atoms with E-state index in [1.165, 1.54) is 30.3 Å². The summed E-state index contributed by atoms with van der Waals surface area (Å²) in [6, 6.07) is 8.63. The summed E-state index contributed by atoms with van der Waals surface area (Å²) in [5.74, 6) is -0.132. The van der Waals surface area contributed by atoms with Crippen LogP contribution in [0.2, 0.25) is 5.02 Å². The molecule has 1 heterocycles. The molecule has 0 atom stereocenters. The van der Waals surface area contributed by atoms with Crippen molar-refractivity contribution in [1.82, 2.24) is 0 Å². The Bertz CT molecular complexity index is 762. The van der Waals surface area contributed by atoms with E-state index < -0.39 is 10.0 Å². The molecule has 98 valence electrons. The van der Waals surface area contributed by atoms with Gasteiger partial charge in [-0.05, 0) is 30.3 Å². The normalized spacial score (nSPS) is 10.9. The Balaban J connectivity index is 2.31. The number of nitrogens with zero attached hydrogens (tertiary/aromatic N) is 1. The molecule has 1 aromatic carbocycles. The molecule has 8 heteroatoms. The molecule has 5 nitrogen and oxygen atoms in total. The average Bonchev–Trinajstić information content (AvgIpc) is 2.83. The van der Waals surface area contributed by atoms with Crippen LogP contribution in [0.3, 0.4) is 0 Å². The molecule has 0 saturated carbocycles. The Labute approximate surface area is 118 Å². The van der Waals surface area contributed by atoms with Crippen molar-refractivity contribution in [2.45, 2.75) is 4.21 Å². The molecule has 2 rings (SSSR count). The fourth-order valence-corrected chi connectivity index (χ4v) is 3.63. The molecular formula is C11H7ClN2O3S2. The molecule has 2 aromatic rings. The first-order valence-electron chi connectivity index (χ1n) is 4.93. The minimum absolute atomic E-state index is 0.0354. The van der Waals surface area contributed by atoms with Gasteiger partial charge in [0.2, 0.25) is 0 Å². The van der Waals surface area contributed by atoms with Crippen molar-refractivity contribution in [1.29, 1.82) is 5.26 Å². The lowest BCUT2D eigenvalue weighted by atomic mass is 10.3. The quantitative estimate of drug-likeness (QED) is 0.852. The van der Waals surface area contributed by atoms with Crippen LogP contribution in [0, 0.1) is 11.3 Å². The number of hydrogen-bond donors (Lipinski definition) is 2. The molecule has 0 aliphatic heterocycles. The second-order valence-electron chi connectivity index (χ2n) is 3.50. The monoisotopic (exact) mass is 314 g/mol. The van der Waals surface area contributed by atoms with Crippen molar-refractivity contribution < 1.29 is 13.5 Å². The number of phenols is 1. The summed E-state index contributed by atoms with van der Waals surface area (Å²) in [5, 5.41) is 18.0. The Hall–Kier alpha value is -1.75. The molecule has 0 aliphatic rings. The predicted molar refractivity (Wildman–Crippen MR) is 73.0 cm³/mol. The first-order valence-corrected chi connectivity index (χ1v) is 7.61. The number of hydrogen-bond acceptors (Lipinski definition) is 5. The highest BCUT2D eigenvalue weighted by Crippen LogP contribution is 2.28. The summed E-state index contributed by atoms with van der Waals surface area (Å²) < 4.78 is 26.4. The topological polar surface area (TPSA) is 90.2 Å². The minimum atomic E-state index is -3.76. The molecule has 19 heavy (non-hydrogen) atoms. The number of nitrogens with one attached hydrogen (secondary N) is 1. The van der Waals surface area contributed by atoms with Gasteiger partial charge < -0.3 is 5.11 Å². The third-order valence-corrected chi connectivity index (χ3v) is 5.32. The summed E-state index contributed by atoms with van der Waals surface area (Å²) in [7, 11) is -3.76. The second kappa shape index (κ2) is 5.09. The second-order valence-corrected chi connectivity index (χ2v) is 6.90. The van der Waals surface area contributed by atoms with Crippen LogP contribution in [0.1, 0.15) is 4.88 Å². The van der Waals surface area contributed by atoms with Gasteiger partial charge in [0.05, 0.1) is 10.7 Å². The van der Waals surface area contributed by atoms with Crippen LogP contribution < -0.4 is 4.72 Å². The highest BCUT2D eigenvalue weighted by molar-refractivity contribution is 7.94. The Morgan fingerprint density at radius 3 is 2.63 bits per heavy atom. The minimum Gasteiger partial charge on any atom is -0.506 e. The number of phenolic OH excluding ortho intramolecular Hbond substituents is 1. The fraction of sp³-hybridized carbons (Fsp3) is 0. The Morgan fingerprint density at radius 1 is 1.32 bits per heavy atom. The van der Waals surface area contributed by atoms with Gasteiger partial charge in [-0.15, -0.1) is 11.3 Å². The number of aromatic hydroxyl groups is 1. The number of nitriles is 1. The van der Waals surface area contributed by atoms with Crippen molar-refractivity contribution >= 4 is 38.6 Å². The summed E-state index contributed by atoms with van der Waals surface area (Å²) in [4.78, 5) is 0.309. The molecule has 0 unspecified atom stereocenters. The SMILES string of the molecule is N#Cc1ccc(S(=O)(=O)Nc2ccc(O)c(Cl)c2)s1. The number of anilines is 1. The zero-order valence-corrected chi connectivity index (χ0v) is 11.7. The maximum atomic E-state index is 12.0. The van der Waals surface area contributed by atoms with Crippen LogP contribution in [0.5, 0.6) is 5.75 Å². The van der Waals surface area contributed by atoms with Gasteiger partial charge in [-0.1, -0.05) is 11.6 Å². The third kappa shape index (κ3) is 2.98. The van der Waals surface area contributed by atoms with Gasteiger partial charge in [-0.3, -0.25) is 4.72 Å². The van der Waals surface area contributed by atoms with Crippen molar-refractivity contribution in [3.8, 4) is 11.8 Å². The Kier molecular flexibility index (Phi) is 3.66. The van der Waals surface area contributed by atoms with Crippen molar-refractivity contribution in [3.63, 3.8) is 0 Å². The van der Waals surface area contributed by atoms with Crippen LogP contribution in [-0.2, 0) is 10.0 Å². The van der Waals surface area contributed by atoms with E-state index in [9.17, 15) is 13.5 Å². The van der Waals surface area contributed by atoms with E-state index in [1.54, 1.807) is 0 Å². The maximum absolute atomic E-state index is 12.0. The van der Waals surface area contributed by atoms with Gasteiger partial charge in [-0.2, -0.15) is 5.26 Å².